The summed E-state index contributed by atoms with van der Waals surface area (Å²) in [5.41, 5.74) is 1.76. The van der Waals surface area contributed by atoms with Crippen LogP contribution in [0.5, 0.6) is 0 Å². The molecule has 0 saturated heterocycles. The molecular weight excluding hydrogens is 333 g/mol. The first kappa shape index (κ1) is 17.2. The lowest BCUT2D eigenvalue weighted by Crippen LogP contribution is -2.00. The van der Waals surface area contributed by atoms with E-state index in [1.54, 1.807) is 43.3 Å². The predicted octanol–water partition coefficient (Wildman–Crippen LogP) is 5.16. The van der Waals surface area contributed by atoms with Crippen molar-refractivity contribution in [3.05, 3.63) is 82.9 Å². The van der Waals surface area contributed by atoms with Gasteiger partial charge >= 0.3 is 5.97 Å². The fourth-order valence-corrected chi connectivity index (χ4v) is 2.70. The number of hydrogen-bond acceptors (Lipinski definition) is 3. The van der Waals surface area contributed by atoms with Crippen molar-refractivity contribution in [2.24, 2.45) is 0 Å². The monoisotopic (exact) mass is 347 g/mol. The number of benzene rings is 2. The van der Waals surface area contributed by atoms with Crippen molar-refractivity contribution in [3.8, 4) is 17.4 Å². The Kier molecular flexibility index (Phi) is 4.68. The molecule has 0 aliphatic carbocycles. The highest BCUT2D eigenvalue weighted by molar-refractivity contribution is 5.92. The molecule has 0 unspecified atom stereocenters. The van der Waals surface area contributed by atoms with Crippen LogP contribution in [0.4, 0.5) is 4.39 Å². The van der Waals surface area contributed by atoms with Gasteiger partial charge in [-0.25, -0.2) is 9.18 Å². The number of carboxylic acid groups (broad SMARTS) is 1. The third-order valence-corrected chi connectivity index (χ3v) is 4.03. The maximum atomic E-state index is 13.9. The Morgan fingerprint density at radius 2 is 1.85 bits per heavy atom. The van der Waals surface area contributed by atoms with Crippen molar-refractivity contribution < 1.29 is 18.7 Å². The van der Waals surface area contributed by atoms with Gasteiger partial charge in [0.2, 0.25) is 0 Å². The van der Waals surface area contributed by atoms with Crippen molar-refractivity contribution in [3.63, 3.8) is 0 Å². The Morgan fingerprint density at radius 1 is 1.12 bits per heavy atom. The number of carbonyl (C=O) groups is 1. The molecule has 4 nitrogen and oxygen atoms in total. The molecule has 0 aliphatic heterocycles. The first-order chi connectivity index (χ1) is 12.5. The highest BCUT2D eigenvalue weighted by atomic mass is 19.1. The van der Waals surface area contributed by atoms with E-state index in [1.165, 1.54) is 24.3 Å². The number of furan rings is 1. The Labute approximate surface area is 149 Å². The Balaban J connectivity index is 2.01. The minimum atomic E-state index is -1.01. The van der Waals surface area contributed by atoms with E-state index < -0.39 is 11.8 Å². The van der Waals surface area contributed by atoms with Gasteiger partial charge in [-0.05, 0) is 42.8 Å². The number of rotatable bonds is 4. The van der Waals surface area contributed by atoms with Crippen LogP contribution in [-0.4, -0.2) is 11.1 Å². The molecule has 2 aromatic carbocycles. The smallest absolute Gasteiger partial charge is 0.335 e. The van der Waals surface area contributed by atoms with Crippen molar-refractivity contribution >= 4 is 17.6 Å². The number of nitrogens with zero attached hydrogens (tertiary/aromatic N) is 1. The molecule has 1 aromatic heterocycles. The second kappa shape index (κ2) is 7.08. The highest BCUT2D eigenvalue weighted by Gasteiger charge is 2.14. The molecule has 0 saturated carbocycles. The van der Waals surface area contributed by atoms with Crippen molar-refractivity contribution in [1.29, 1.82) is 5.26 Å². The van der Waals surface area contributed by atoms with Gasteiger partial charge in [-0.1, -0.05) is 30.3 Å². The molecule has 0 aliphatic rings. The summed E-state index contributed by atoms with van der Waals surface area (Å²) in [5, 5.41) is 18.6. The van der Waals surface area contributed by atoms with Crippen LogP contribution in [0.1, 0.15) is 27.2 Å². The first-order valence-electron chi connectivity index (χ1n) is 7.81. The maximum Gasteiger partial charge on any atom is 0.335 e. The maximum absolute atomic E-state index is 13.9. The summed E-state index contributed by atoms with van der Waals surface area (Å²) in [6.07, 6.45) is 1.46. The lowest BCUT2D eigenvalue weighted by atomic mass is 10.0. The fourth-order valence-electron chi connectivity index (χ4n) is 2.70. The minimum absolute atomic E-state index is 0.139. The van der Waals surface area contributed by atoms with Gasteiger partial charge in [0.1, 0.15) is 17.3 Å². The van der Waals surface area contributed by atoms with Crippen molar-refractivity contribution in [2.75, 3.05) is 0 Å². The summed E-state index contributed by atoms with van der Waals surface area (Å²) in [6.45, 7) is 1.71. The normalized spacial score (nSPS) is 11.2. The van der Waals surface area contributed by atoms with Crippen LogP contribution in [0.2, 0.25) is 0 Å². The van der Waals surface area contributed by atoms with Gasteiger partial charge < -0.3 is 9.52 Å². The average Bonchev–Trinajstić information content (AvgIpc) is 3.08. The van der Waals surface area contributed by atoms with Gasteiger partial charge in [0.25, 0.3) is 0 Å². The summed E-state index contributed by atoms with van der Waals surface area (Å²) in [6, 6.07) is 16.3. The van der Waals surface area contributed by atoms with E-state index in [0.29, 0.717) is 22.6 Å². The van der Waals surface area contributed by atoms with Gasteiger partial charge in [-0.3, -0.25) is 0 Å². The van der Waals surface area contributed by atoms with Gasteiger partial charge in [-0.15, -0.1) is 0 Å². The van der Waals surface area contributed by atoms with Gasteiger partial charge in [0, 0.05) is 11.1 Å². The molecule has 1 heterocycles. The molecule has 3 rings (SSSR count). The van der Waals surface area contributed by atoms with E-state index in [1.807, 2.05) is 6.07 Å². The first-order valence-corrected chi connectivity index (χ1v) is 7.81. The van der Waals surface area contributed by atoms with Gasteiger partial charge in [0.05, 0.1) is 17.2 Å². The minimum Gasteiger partial charge on any atom is -0.478 e. The standard InChI is InChI=1S/C21H14FNO3/c1-13-16(6-4-7-17(13)21(24)25)20-10-9-15(26-20)11-14(12-23)18-5-2-3-8-19(18)22/h2-11H,1H3,(H,24,25)/b14-11-. The van der Waals surface area contributed by atoms with E-state index in [4.69, 9.17) is 4.42 Å². The molecule has 5 heteroatoms. The second-order valence-electron chi connectivity index (χ2n) is 5.63. The average molecular weight is 347 g/mol. The van der Waals surface area contributed by atoms with Crippen LogP contribution in [0.3, 0.4) is 0 Å². The predicted molar refractivity (Wildman–Crippen MR) is 95.7 cm³/mol. The topological polar surface area (TPSA) is 74.2 Å². The Bertz CT molecular complexity index is 1060. The van der Waals surface area contributed by atoms with E-state index >= 15 is 0 Å². The molecular formula is C21H14FNO3. The second-order valence-corrected chi connectivity index (χ2v) is 5.63. The summed E-state index contributed by atoms with van der Waals surface area (Å²) >= 11 is 0. The third kappa shape index (κ3) is 3.26. The fraction of sp³-hybridized carbons (Fsp3) is 0.0476. The van der Waals surface area contributed by atoms with Crippen LogP contribution in [-0.2, 0) is 0 Å². The highest BCUT2D eigenvalue weighted by Crippen LogP contribution is 2.29. The van der Waals surface area contributed by atoms with Crippen LogP contribution in [0, 0.1) is 24.1 Å². The lowest BCUT2D eigenvalue weighted by molar-refractivity contribution is 0.0696. The molecule has 128 valence electrons. The van der Waals surface area contributed by atoms with Crippen LogP contribution >= 0.6 is 0 Å². The lowest BCUT2D eigenvalue weighted by Gasteiger charge is -2.06. The molecule has 0 radical (unpaired) electrons. The number of nitriles is 1. The largest absolute Gasteiger partial charge is 0.478 e. The summed E-state index contributed by atoms with van der Waals surface area (Å²) in [5.74, 6) is -0.651. The molecule has 0 amide bonds. The SMILES string of the molecule is Cc1c(C(=O)O)cccc1-c1ccc(/C=C(/C#N)c2ccccc2F)o1. The quantitative estimate of drug-likeness (QED) is 0.662. The van der Waals surface area contributed by atoms with Crippen molar-refractivity contribution in [2.45, 2.75) is 6.92 Å². The number of allylic oxidation sites excluding steroid dienone is 1. The number of carboxylic acids is 1. The van der Waals surface area contributed by atoms with Crippen molar-refractivity contribution in [1.82, 2.24) is 0 Å². The summed E-state index contributed by atoms with van der Waals surface area (Å²) < 4.78 is 19.6. The molecule has 0 fully saturated rings. The van der Waals surface area contributed by atoms with Crippen LogP contribution in [0.15, 0.2) is 59.0 Å². The van der Waals surface area contributed by atoms with E-state index in [9.17, 15) is 19.6 Å². The summed E-state index contributed by atoms with van der Waals surface area (Å²) in [7, 11) is 0. The van der Waals surface area contributed by atoms with E-state index in [2.05, 4.69) is 0 Å². The summed E-state index contributed by atoms with van der Waals surface area (Å²) in [4.78, 5) is 11.3. The van der Waals surface area contributed by atoms with Gasteiger partial charge in [0.15, 0.2) is 0 Å². The van der Waals surface area contributed by atoms with Crippen LogP contribution < -0.4 is 0 Å². The zero-order chi connectivity index (χ0) is 18.7. The zero-order valence-electron chi connectivity index (χ0n) is 13.9. The molecule has 26 heavy (non-hydrogen) atoms. The van der Waals surface area contributed by atoms with E-state index in [0.717, 1.165) is 0 Å². The molecule has 1 N–H and O–H groups in total. The molecule has 0 spiro atoms. The Hall–Kier alpha value is -3.65. The molecule has 0 bridgehead atoms. The third-order valence-electron chi connectivity index (χ3n) is 4.03. The molecule has 3 aromatic rings. The number of hydrogen-bond donors (Lipinski definition) is 1. The molecule has 0 atom stereocenters. The van der Waals surface area contributed by atoms with Gasteiger partial charge in [-0.2, -0.15) is 5.26 Å². The number of aromatic carboxylic acids is 1. The number of halogens is 1. The van der Waals surface area contributed by atoms with Crippen LogP contribution in [0.25, 0.3) is 23.0 Å². The van der Waals surface area contributed by atoms with E-state index in [-0.39, 0.29) is 16.7 Å². The Morgan fingerprint density at radius 3 is 2.54 bits per heavy atom. The zero-order valence-corrected chi connectivity index (χ0v) is 13.9.